The van der Waals surface area contributed by atoms with Gasteiger partial charge in [-0.05, 0) is 52.6 Å². The second-order valence-electron chi connectivity index (χ2n) is 9.94. The summed E-state index contributed by atoms with van der Waals surface area (Å²) in [6, 6.07) is 8.77. The Morgan fingerprint density at radius 2 is 1.95 bits per heavy atom. The SMILES string of the molecule is CN(C)CCOc1c#ccc(C2=NOC(c3cnn(CCC(C)(C)O)c3C(F)(F)F)C2c2ncccn2)c1Cl. The monoisotopic (exact) mass is 564 g/mol. The Morgan fingerprint density at radius 1 is 1.23 bits per heavy atom. The van der Waals surface area contributed by atoms with Gasteiger partial charge in [0, 0.05) is 36.6 Å². The summed E-state index contributed by atoms with van der Waals surface area (Å²) in [6.45, 7) is 3.83. The van der Waals surface area contributed by atoms with E-state index in [2.05, 4.69) is 32.4 Å². The van der Waals surface area contributed by atoms with Crippen LogP contribution in [0.2, 0.25) is 5.02 Å². The van der Waals surface area contributed by atoms with E-state index in [-0.39, 0.29) is 40.8 Å². The van der Waals surface area contributed by atoms with E-state index < -0.39 is 29.5 Å². The van der Waals surface area contributed by atoms with Crippen LogP contribution in [0.4, 0.5) is 13.2 Å². The lowest BCUT2D eigenvalue weighted by atomic mass is 9.88. The zero-order valence-corrected chi connectivity index (χ0v) is 22.6. The van der Waals surface area contributed by atoms with Crippen molar-refractivity contribution >= 4 is 17.3 Å². The van der Waals surface area contributed by atoms with Gasteiger partial charge in [0.15, 0.2) is 11.9 Å². The zero-order valence-electron chi connectivity index (χ0n) is 21.8. The molecule has 1 aliphatic rings. The third-order valence-corrected chi connectivity index (χ3v) is 6.38. The molecule has 0 fully saturated rings. The molecular formula is C26H28ClF3N6O3. The number of oxime groups is 1. The molecule has 208 valence electrons. The van der Waals surface area contributed by atoms with Crippen LogP contribution in [0.3, 0.4) is 0 Å². The number of aryl methyl sites for hydroxylation is 1. The quantitative estimate of drug-likeness (QED) is 0.392. The number of alkyl halides is 3. The van der Waals surface area contributed by atoms with Gasteiger partial charge < -0.3 is 19.6 Å². The molecule has 4 rings (SSSR count). The molecule has 0 amide bonds. The highest BCUT2D eigenvalue weighted by molar-refractivity contribution is 6.36. The van der Waals surface area contributed by atoms with E-state index in [1.54, 1.807) is 6.07 Å². The predicted molar refractivity (Wildman–Crippen MR) is 136 cm³/mol. The Kier molecular flexibility index (Phi) is 8.34. The summed E-state index contributed by atoms with van der Waals surface area (Å²) in [5.41, 5.74) is -1.85. The van der Waals surface area contributed by atoms with Gasteiger partial charge >= 0.3 is 6.18 Å². The molecule has 1 aliphatic heterocycles. The summed E-state index contributed by atoms with van der Waals surface area (Å²) in [5, 5.41) is 18.4. The van der Waals surface area contributed by atoms with E-state index in [0.29, 0.717) is 18.7 Å². The summed E-state index contributed by atoms with van der Waals surface area (Å²) < 4.78 is 49.7. The third-order valence-electron chi connectivity index (χ3n) is 6.00. The molecule has 3 aromatic rings. The standard InChI is InChI=1S/C26H28ClF3N6O3/c1-25(2,37)9-12-36-23(26(28,29)30)17(15-33-36)22-19(24-31-10-6-11-32-24)21(34-39-22)16-7-5-8-18(20(16)27)38-14-13-35(3)4/h6-7,10-11,15,19,22,37H,9,12-14H2,1-4H3. The van der Waals surface area contributed by atoms with Gasteiger partial charge in [0.1, 0.15) is 34.8 Å². The molecule has 0 saturated carbocycles. The molecule has 3 heterocycles. The van der Waals surface area contributed by atoms with Crippen molar-refractivity contribution < 1.29 is 27.9 Å². The van der Waals surface area contributed by atoms with Crippen LogP contribution >= 0.6 is 11.6 Å². The summed E-state index contributed by atoms with van der Waals surface area (Å²) in [5.74, 6) is -0.539. The summed E-state index contributed by atoms with van der Waals surface area (Å²) in [4.78, 5) is 16.2. The van der Waals surface area contributed by atoms with E-state index in [9.17, 15) is 18.3 Å². The zero-order chi connectivity index (χ0) is 28.4. The molecule has 0 spiro atoms. The molecule has 2 unspecified atom stereocenters. The second-order valence-corrected chi connectivity index (χ2v) is 10.3. The van der Waals surface area contributed by atoms with Crippen molar-refractivity contribution in [1.82, 2.24) is 24.6 Å². The minimum absolute atomic E-state index is 0.0538. The molecule has 0 radical (unpaired) electrons. The molecule has 1 aromatic carbocycles. The number of aliphatic hydroxyl groups is 1. The number of ether oxygens (including phenoxy) is 1. The fourth-order valence-corrected chi connectivity index (χ4v) is 4.31. The molecule has 2 aromatic heterocycles. The Hall–Kier alpha value is -3.40. The minimum Gasteiger partial charge on any atom is -0.483 e. The number of nitrogens with zero attached hydrogens (tertiary/aromatic N) is 6. The third kappa shape index (κ3) is 6.61. The van der Waals surface area contributed by atoms with Crippen molar-refractivity contribution in [3.63, 3.8) is 0 Å². The lowest BCUT2D eigenvalue weighted by Gasteiger charge is -2.21. The van der Waals surface area contributed by atoms with Gasteiger partial charge in [0.05, 0.1) is 11.8 Å². The molecule has 13 heteroatoms. The normalized spacial score (nSPS) is 17.6. The summed E-state index contributed by atoms with van der Waals surface area (Å²) in [7, 11) is 3.79. The maximum atomic E-state index is 14.4. The Labute approximate surface area is 229 Å². The van der Waals surface area contributed by atoms with Crippen molar-refractivity contribution in [2.24, 2.45) is 5.16 Å². The Balaban J connectivity index is 1.75. The maximum Gasteiger partial charge on any atom is 0.433 e. The van der Waals surface area contributed by atoms with Gasteiger partial charge in [0.2, 0.25) is 0 Å². The van der Waals surface area contributed by atoms with Crippen LogP contribution in [0.25, 0.3) is 0 Å². The van der Waals surface area contributed by atoms with Gasteiger partial charge in [0.25, 0.3) is 0 Å². The first-order valence-corrected chi connectivity index (χ1v) is 12.5. The maximum absolute atomic E-state index is 14.4. The first kappa shape index (κ1) is 28.6. The average molecular weight is 565 g/mol. The van der Waals surface area contributed by atoms with Crippen molar-refractivity contribution in [3.8, 4) is 5.75 Å². The summed E-state index contributed by atoms with van der Waals surface area (Å²) in [6.07, 6.45) is -1.90. The predicted octanol–water partition coefficient (Wildman–Crippen LogP) is 4.31. The molecule has 0 aliphatic carbocycles. The van der Waals surface area contributed by atoms with Crippen LogP contribution in [0.15, 0.2) is 35.9 Å². The molecule has 2 atom stereocenters. The number of aromatic nitrogens is 4. The van der Waals surface area contributed by atoms with Crippen LogP contribution < -0.4 is 4.74 Å². The number of hydrogen-bond acceptors (Lipinski definition) is 8. The van der Waals surface area contributed by atoms with E-state index >= 15 is 0 Å². The van der Waals surface area contributed by atoms with Crippen LogP contribution in [-0.4, -0.2) is 68.3 Å². The van der Waals surface area contributed by atoms with E-state index in [0.717, 1.165) is 10.9 Å². The Bertz CT molecular complexity index is 1310. The summed E-state index contributed by atoms with van der Waals surface area (Å²) >= 11 is 6.66. The van der Waals surface area contributed by atoms with Crippen molar-refractivity contribution in [1.29, 1.82) is 0 Å². The molecule has 0 bridgehead atoms. The fraction of sp³-hybridized carbons (Fsp3) is 0.462. The molecule has 0 saturated heterocycles. The topological polar surface area (TPSA) is 97.9 Å². The molecule has 1 N–H and O–H groups in total. The number of halogens is 4. The van der Waals surface area contributed by atoms with Crippen LogP contribution in [0.1, 0.15) is 54.9 Å². The average Bonchev–Trinajstić information content (AvgIpc) is 3.48. The first-order valence-electron chi connectivity index (χ1n) is 12.1. The van der Waals surface area contributed by atoms with Gasteiger partial charge in [-0.3, -0.25) is 4.68 Å². The largest absolute Gasteiger partial charge is 0.483 e. The van der Waals surface area contributed by atoms with Crippen LogP contribution in [-0.2, 0) is 17.6 Å². The number of hydrogen-bond donors (Lipinski definition) is 1. The van der Waals surface area contributed by atoms with Gasteiger partial charge in [-0.2, -0.15) is 18.3 Å². The smallest absolute Gasteiger partial charge is 0.433 e. The van der Waals surface area contributed by atoms with Crippen molar-refractivity contribution in [3.05, 3.63) is 70.5 Å². The van der Waals surface area contributed by atoms with Gasteiger partial charge in [-0.25, -0.2) is 9.97 Å². The highest BCUT2D eigenvalue weighted by Gasteiger charge is 2.47. The van der Waals surface area contributed by atoms with Crippen LogP contribution in [0.5, 0.6) is 5.75 Å². The van der Waals surface area contributed by atoms with Gasteiger partial charge in [-0.1, -0.05) is 22.8 Å². The minimum atomic E-state index is -4.76. The van der Waals surface area contributed by atoms with E-state index in [1.165, 1.54) is 32.3 Å². The number of likely N-dealkylation sites (N-methyl/N-ethyl adjacent to an activating group) is 1. The van der Waals surface area contributed by atoms with E-state index in [1.807, 2.05) is 19.0 Å². The lowest BCUT2D eigenvalue weighted by Crippen LogP contribution is -2.25. The van der Waals surface area contributed by atoms with Crippen molar-refractivity contribution in [2.75, 3.05) is 27.2 Å². The molecule has 39 heavy (non-hydrogen) atoms. The first-order chi connectivity index (χ1) is 18.4. The van der Waals surface area contributed by atoms with Gasteiger partial charge in [-0.15, -0.1) is 0 Å². The van der Waals surface area contributed by atoms with E-state index in [4.69, 9.17) is 21.2 Å². The van der Waals surface area contributed by atoms with Crippen molar-refractivity contribution in [2.45, 2.75) is 50.6 Å². The number of rotatable bonds is 10. The lowest BCUT2D eigenvalue weighted by molar-refractivity contribution is -0.146. The second kappa shape index (κ2) is 11.4. The highest BCUT2D eigenvalue weighted by atomic mass is 35.5. The molecular weight excluding hydrogens is 537 g/mol. The Morgan fingerprint density at radius 3 is 2.59 bits per heavy atom. The van der Waals surface area contributed by atoms with Crippen LogP contribution in [0, 0.1) is 12.1 Å². The molecule has 9 nitrogen and oxygen atoms in total. The highest BCUT2D eigenvalue weighted by Crippen LogP contribution is 2.46. The fourth-order valence-electron chi connectivity index (χ4n) is 4.05.